The van der Waals surface area contributed by atoms with Crippen molar-refractivity contribution in [2.45, 2.75) is 18.9 Å². The first-order valence-electron chi connectivity index (χ1n) is 7.63. The Balaban J connectivity index is 1.58. The lowest BCUT2D eigenvalue weighted by Gasteiger charge is -2.36. The SMILES string of the molecule is CN1CCN(C2CCN(C(=O)c3ccc(F)cc3)CC2)C1=O. The number of likely N-dealkylation sites (tertiary alicyclic amines) is 1. The summed E-state index contributed by atoms with van der Waals surface area (Å²) in [6.45, 7) is 2.81. The summed E-state index contributed by atoms with van der Waals surface area (Å²) in [7, 11) is 1.82. The van der Waals surface area contributed by atoms with Crippen LogP contribution in [0.15, 0.2) is 24.3 Å². The van der Waals surface area contributed by atoms with E-state index in [4.69, 9.17) is 0 Å². The fraction of sp³-hybridized carbons (Fsp3) is 0.500. The standard InChI is InChI=1S/C16H20FN3O2/c1-18-10-11-20(16(18)22)14-6-8-19(9-7-14)15(21)12-2-4-13(17)5-3-12/h2-5,14H,6-11H2,1H3. The minimum absolute atomic E-state index is 0.0664. The van der Waals surface area contributed by atoms with E-state index in [2.05, 4.69) is 0 Å². The quantitative estimate of drug-likeness (QED) is 0.836. The number of amides is 3. The van der Waals surface area contributed by atoms with Crippen molar-refractivity contribution in [3.05, 3.63) is 35.6 Å². The molecule has 22 heavy (non-hydrogen) atoms. The number of rotatable bonds is 2. The van der Waals surface area contributed by atoms with Gasteiger partial charge in [0.25, 0.3) is 5.91 Å². The van der Waals surface area contributed by atoms with Crippen LogP contribution >= 0.6 is 0 Å². The lowest BCUT2D eigenvalue weighted by atomic mass is 10.0. The maximum atomic E-state index is 12.9. The predicted octanol–water partition coefficient (Wildman–Crippen LogP) is 1.80. The lowest BCUT2D eigenvalue weighted by molar-refractivity contribution is 0.0664. The molecule has 5 nitrogen and oxygen atoms in total. The van der Waals surface area contributed by atoms with Gasteiger partial charge in [0.15, 0.2) is 0 Å². The first-order chi connectivity index (χ1) is 10.6. The molecule has 0 aliphatic carbocycles. The van der Waals surface area contributed by atoms with E-state index in [0.29, 0.717) is 18.7 Å². The summed E-state index contributed by atoms with van der Waals surface area (Å²) in [5, 5.41) is 0. The largest absolute Gasteiger partial charge is 0.338 e. The zero-order chi connectivity index (χ0) is 15.7. The van der Waals surface area contributed by atoms with Gasteiger partial charge < -0.3 is 14.7 Å². The van der Waals surface area contributed by atoms with Crippen LogP contribution in [0.5, 0.6) is 0 Å². The number of hydrogen-bond acceptors (Lipinski definition) is 2. The van der Waals surface area contributed by atoms with Crippen LogP contribution in [-0.2, 0) is 0 Å². The minimum atomic E-state index is -0.341. The minimum Gasteiger partial charge on any atom is -0.338 e. The summed E-state index contributed by atoms with van der Waals surface area (Å²) >= 11 is 0. The summed E-state index contributed by atoms with van der Waals surface area (Å²) < 4.78 is 12.9. The van der Waals surface area contributed by atoms with Crippen molar-refractivity contribution in [3.8, 4) is 0 Å². The first-order valence-corrected chi connectivity index (χ1v) is 7.63. The Labute approximate surface area is 129 Å². The van der Waals surface area contributed by atoms with Gasteiger partial charge in [-0.3, -0.25) is 4.79 Å². The second-order valence-corrected chi connectivity index (χ2v) is 5.93. The van der Waals surface area contributed by atoms with E-state index in [9.17, 15) is 14.0 Å². The third-order valence-electron chi connectivity index (χ3n) is 4.53. The number of urea groups is 1. The second kappa shape index (κ2) is 5.94. The third-order valence-corrected chi connectivity index (χ3v) is 4.53. The van der Waals surface area contributed by atoms with Gasteiger partial charge in [0.2, 0.25) is 0 Å². The summed E-state index contributed by atoms with van der Waals surface area (Å²) in [5.41, 5.74) is 0.511. The Hall–Kier alpha value is -2.11. The van der Waals surface area contributed by atoms with Gasteiger partial charge in [0, 0.05) is 44.8 Å². The van der Waals surface area contributed by atoms with Crippen LogP contribution < -0.4 is 0 Å². The van der Waals surface area contributed by atoms with Gasteiger partial charge in [-0.2, -0.15) is 0 Å². The summed E-state index contributed by atoms with van der Waals surface area (Å²) in [5.74, 6) is -0.407. The molecular weight excluding hydrogens is 285 g/mol. The number of carbonyl (C=O) groups is 2. The molecule has 0 N–H and O–H groups in total. The molecule has 2 saturated heterocycles. The molecule has 0 aromatic heterocycles. The summed E-state index contributed by atoms with van der Waals surface area (Å²) in [4.78, 5) is 29.8. The van der Waals surface area contributed by atoms with Crippen LogP contribution in [0, 0.1) is 5.82 Å². The molecule has 0 unspecified atom stereocenters. The van der Waals surface area contributed by atoms with Gasteiger partial charge in [-0.1, -0.05) is 0 Å². The molecular formula is C16H20FN3O2. The van der Waals surface area contributed by atoms with Crippen molar-refractivity contribution in [2.75, 3.05) is 33.2 Å². The smallest absolute Gasteiger partial charge is 0.320 e. The first kappa shape index (κ1) is 14.8. The number of piperidine rings is 1. The van der Waals surface area contributed by atoms with Crippen LogP contribution in [0.1, 0.15) is 23.2 Å². The summed E-state index contributed by atoms with van der Waals surface area (Å²) in [6.07, 6.45) is 1.60. The molecule has 0 atom stereocenters. The highest BCUT2D eigenvalue weighted by Crippen LogP contribution is 2.22. The van der Waals surface area contributed by atoms with Gasteiger partial charge in [-0.15, -0.1) is 0 Å². The fourth-order valence-corrected chi connectivity index (χ4v) is 3.16. The van der Waals surface area contributed by atoms with E-state index in [0.717, 1.165) is 25.9 Å². The average molecular weight is 305 g/mol. The molecule has 2 fully saturated rings. The van der Waals surface area contributed by atoms with Crippen molar-refractivity contribution in [2.24, 2.45) is 0 Å². The number of halogens is 1. The number of benzene rings is 1. The Morgan fingerprint density at radius 2 is 1.73 bits per heavy atom. The van der Waals surface area contributed by atoms with E-state index in [1.165, 1.54) is 24.3 Å². The van der Waals surface area contributed by atoms with Crippen LogP contribution in [-0.4, -0.2) is 65.9 Å². The van der Waals surface area contributed by atoms with Crippen LogP contribution in [0.25, 0.3) is 0 Å². The molecule has 0 spiro atoms. The molecule has 1 aromatic rings. The normalized spacial score (nSPS) is 19.9. The van der Waals surface area contributed by atoms with Crippen molar-refractivity contribution < 1.29 is 14.0 Å². The van der Waals surface area contributed by atoms with Crippen molar-refractivity contribution in [1.82, 2.24) is 14.7 Å². The van der Waals surface area contributed by atoms with Crippen LogP contribution in [0.4, 0.5) is 9.18 Å². The molecule has 6 heteroatoms. The van der Waals surface area contributed by atoms with E-state index in [1.807, 2.05) is 11.9 Å². The maximum absolute atomic E-state index is 12.9. The van der Waals surface area contributed by atoms with Crippen molar-refractivity contribution in [1.29, 1.82) is 0 Å². The van der Waals surface area contributed by atoms with Crippen molar-refractivity contribution >= 4 is 11.9 Å². The highest BCUT2D eigenvalue weighted by molar-refractivity contribution is 5.94. The zero-order valence-electron chi connectivity index (χ0n) is 12.7. The molecule has 118 valence electrons. The molecule has 0 bridgehead atoms. The Morgan fingerprint density at radius 1 is 1.09 bits per heavy atom. The van der Waals surface area contributed by atoms with Gasteiger partial charge in [0.05, 0.1) is 0 Å². The fourth-order valence-electron chi connectivity index (χ4n) is 3.16. The molecule has 3 amide bonds. The van der Waals surface area contributed by atoms with Crippen LogP contribution in [0.3, 0.4) is 0 Å². The zero-order valence-corrected chi connectivity index (χ0v) is 12.7. The molecule has 0 saturated carbocycles. The topological polar surface area (TPSA) is 43.9 Å². The molecule has 2 aliphatic rings. The molecule has 1 aromatic carbocycles. The number of nitrogens with zero attached hydrogens (tertiary/aromatic N) is 3. The summed E-state index contributed by atoms with van der Waals surface area (Å²) in [6, 6.07) is 5.95. The second-order valence-electron chi connectivity index (χ2n) is 5.93. The molecule has 0 radical (unpaired) electrons. The van der Waals surface area contributed by atoms with Crippen molar-refractivity contribution in [3.63, 3.8) is 0 Å². The van der Waals surface area contributed by atoms with E-state index in [-0.39, 0.29) is 23.8 Å². The average Bonchev–Trinajstić information content (AvgIpc) is 2.87. The Bertz CT molecular complexity index is 567. The maximum Gasteiger partial charge on any atom is 0.320 e. The predicted molar refractivity (Wildman–Crippen MR) is 80.1 cm³/mol. The van der Waals surface area contributed by atoms with Gasteiger partial charge in [-0.25, -0.2) is 9.18 Å². The molecule has 3 rings (SSSR count). The Morgan fingerprint density at radius 3 is 2.27 bits per heavy atom. The number of carbonyl (C=O) groups excluding carboxylic acids is 2. The van der Waals surface area contributed by atoms with Gasteiger partial charge in [0.1, 0.15) is 5.82 Å². The Kier molecular flexibility index (Phi) is 4.00. The monoisotopic (exact) mass is 305 g/mol. The van der Waals surface area contributed by atoms with Gasteiger partial charge >= 0.3 is 6.03 Å². The molecule has 2 aliphatic heterocycles. The van der Waals surface area contributed by atoms with E-state index in [1.54, 1.807) is 9.80 Å². The van der Waals surface area contributed by atoms with E-state index >= 15 is 0 Å². The highest BCUT2D eigenvalue weighted by Gasteiger charge is 2.34. The lowest BCUT2D eigenvalue weighted by Crippen LogP contribution is -2.47. The number of hydrogen-bond donors (Lipinski definition) is 0. The van der Waals surface area contributed by atoms with Gasteiger partial charge in [-0.05, 0) is 37.1 Å². The highest BCUT2D eigenvalue weighted by atomic mass is 19.1. The van der Waals surface area contributed by atoms with E-state index < -0.39 is 0 Å². The van der Waals surface area contributed by atoms with Crippen LogP contribution in [0.2, 0.25) is 0 Å². The number of likely N-dealkylation sites (N-methyl/N-ethyl adjacent to an activating group) is 1. The third kappa shape index (κ3) is 2.77. The molecule has 2 heterocycles.